The SMILES string of the molecule is CCN(CCOC)C1CCCNCC1. The van der Waals surface area contributed by atoms with Gasteiger partial charge in [0.2, 0.25) is 0 Å². The van der Waals surface area contributed by atoms with Gasteiger partial charge < -0.3 is 10.1 Å². The van der Waals surface area contributed by atoms with E-state index in [1.807, 2.05) is 0 Å². The molecule has 0 aliphatic carbocycles. The minimum absolute atomic E-state index is 0.769. The molecular weight excluding hydrogens is 176 g/mol. The monoisotopic (exact) mass is 200 g/mol. The first-order valence-electron chi connectivity index (χ1n) is 5.82. The molecule has 0 aromatic heterocycles. The van der Waals surface area contributed by atoms with Crippen LogP contribution in [0.15, 0.2) is 0 Å². The Kier molecular flexibility index (Phi) is 6.15. The molecule has 3 nitrogen and oxygen atoms in total. The summed E-state index contributed by atoms with van der Waals surface area (Å²) in [5, 5.41) is 3.45. The number of likely N-dealkylation sites (N-methyl/N-ethyl adjacent to an activating group) is 1. The molecular formula is C11H24N2O. The lowest BCUT2D eigenvalue weighted by Gasteiger charge is -2.29. The zero-order valence-electron chi connectivity index (χ0n) is 9.59. The van der Waals surface area contributed by atoms with Crippen LogP contribution < -0.4 is 5.32 Å². The number of methoxy groups -OCH3 is 1. The van der Waals surface area contributed by atoms with Gasteiger partial charge in [-0.05, 0) is 38.9 Å². The Hall–Kier alpha value is -0.120. The van der Waals surface area contributed by atoms with Crippen molar-refractivity contribution in [2.75, 3.05) is 39.9 Å². The number of ether oxygens (including phenoxy) is 1. The maximum Gasteiger partial charge on any atom is 0.0589 e. The van der Waals surface area contributed by atoms with Gasteiger partial charge in [0.25, 0.3) is 0 Å². The molecule has 0 saturated carbocycles. The summed E-state index contributed by atoms with van der Waals surface area (Å²) < 4.78 is 5.14. The van der Waals surface area contributed by atoms with E-state index >= 15 is 0 Å². The Bertz CT molecular complexity index is 133. The first-order valence-corrected chi connectivity index (χ1v) is 5.82. The summed E-state index contributed by atoms with van der Waals surface area (Å²) >= 11 is 0. The minimum Gasteiger partial charge on any atom is -0.383 e. The van der Waals surface area contributed by atoms with E-state index in [0.717, 1.165) is 25.7 Å². The molecule has 1 N–H and O–H groups in total. The average Bonchev–Trinajstić information content (AvgIpc) is 2.48. The summed E-state index contributed by atoms with van der Waals surface area (Å²) in [7, 11) is 1.78. The van der Waals surface area contributed by atoms with Gasteiger partial charge >= 0.3 is 0 Å². The summed E-state index contributed by atoms with van der Waals surface area (Å²) in [5.74, 6) is 0. The molecule has 0 bridgehead atoms. The summed E-state index contributed by atoms with van der Waals surface area (Å²) in [6.45, 7) is 7.70. The van der Waals surface area contributed by atoms with Crippen molar-refractivity contribution < 1.29 is 4.74 Å². The van der Waals surface area contributed by atoms with Crippen molar-refractivity contribution in [3.8, 4) is 0 Å². The lowest BCUT2D eigenvalue weighted by molar-refractivity contribution is 0.118. The van der Waals surface area contributed by atoms with E-state index in [0.29, 0.717) is 0 Å². The van der Waals surface area contributed by atoms with E-state index in [1.165, 1.54) is 32.4 Å². The number of nitrogens with zero attached hydrogens (tertiary/aromatic N) is 1. The molecule has 1 heterocycles. The lowest BCUT2D eigenvalue weighted by Crippen LogP contribution is -2.38. The molecule has 1 aliphatic heterocycles. The Morgan fingerprint density at radius 3 is 2.93 bits per heavy atom. The molecule has 0 aromatic carbocycles. The summed E-state index contributed by atoms with van der Waals surface area (Å²) in [6, 6.07) is 0.769. The highest BCUT2D eigenvalue weighted by atomic mass is 16.5. The average molecular weight is 200 g/mol. The molecule has 0 radical (unpaired) electrons. The van der Waals surface area contributed by atoms with Crippen LogP contribution in [0.3, 0.4) is 0 Å². The molecule has 3 heteroatoms. The smallest absolute Gasteiger partial charge is 0.0589 e. The zero-order valence-corrected chi connectivity index (χ0v) is 9.59. The van der Waals surface area contributed by atoms with Gasteiger partial charge in [-0.2, -0.15) is 0 Å². The molecule has 1 saturated heterocycles. The van der Waals surface area contributed by atoms with E-state index in [2.05, 4.69) is 17.1 Å². The molecule has 1 aliphatic rings. The lowest BCUT2D eigenvalue weighted by atomic mass is 10.1. The molecule has 0 aromatic rings. The maximum atomic E-state index is 5.14. The van der Waals surface area contributed by atoms with Gasteiger partial charge in [0.15, 0.2) is 0 Å². The second kappa shape index (κ2) is 7.21. The van der Waals surface area contributed by atoms with Gasteiger partial charge in [0.05, 0.1) is 6.61 Å². The second-order valence-electron chi connectivity index (χ2n) is 3.96. The van der Waals surface area contributed by atoms with Crippen molar-refractivity contribution in [1.82, 2.24) is 10.2 Å². The van der Waals surface area contributed by atoms with Crippen LogP contribution >= 0.6 is 0 Å². The third kappa shape index (κ3) is 3.95. The van der Waals surface area contributed by atoms with E-state index in [4.69, 9.17) is 4.74 Å². The van der Waals surface area contributed by atoms with Gasteiger partial charge in [-0.1, -0.05) is 6.92 Å². The van der Waals surface area contributed by atoms with Crippen LogP contribution in [0.4, 0.5) is 0 Å². The Labute approximate surface area is 87.8 Å². The quantitative estimate of drug-likeness (QED) is 0.719. The van der Waals surface area contributed by atoms with Crippen molar-refractivity contribution in [1.29, 1.82) is 0 Å². The standard InChI is InChI=1S/C11H24N2O/c1-3-13(9-10-14-2)11-5-4-7-12-8-6-11/h11-12H,3-10H2,1-2H3. The van der Waals surface area contributed by atoms with Crippen LogP contribution in [-0.2, 0) is 4.74 Å². The molecule has 1 rings (SSSR count). The fourth-order valence-corrected chi connectivity index (χ4v) is 2.17. The molecule has 0 spiro atoms. The number of rotatable bonds is 5. The van der Waals surface area contributed by atoms with E-state index in [9.17, 15) is 0 Å². The highest BCUT2D eigenvalue weighted by molar-refractivity contribution is 4.75. The van der Waals surface area contributed by atoms with Crippen molar-refractivity contribution in [2.24, 2.45) is 0 Å². The third-order valence-electron chi connectivity index (χ3n) is 3.05. The number of nitrogens with one attached hydrogen (secondary N) is 1. The summed E-state index contributed by atoms with van der Waals surface area (Å²) in [6.07, 6.45) is 3.94. The predicted molar refractivity (Wildman–Crippen MR) is 59.6 cm³/mol. The van der Waals surface area contributed by atoms with Crippen LogP contribution in [0.25, 0.3) is 0 Å². The molecule has 0 amide bonds. The van der Waals surface area contributed by atoms with Crippen LogP contribution in [0.5, 0.6) is 0 Å². The third-order valence-corrected chi connectivity index (χ3v) is 3.05. The van der Waals surface area contributed by atoms with Crippen LogP contribution in [0, 0.1) is 0 Å². The molecule has 1 atom stereocenters. The van der Waals surface area contributed by atoms with Crippen LogP contribution in [0.1, 0.15) is 26.2 Å². The van der Waals surface area contributed by atoms with Crippen molar-refractivity contribution in [3.63, 3.8) is 0 Å². The predicted octanol–water partition coefficient (Wildman–Crippen LogP) is 1.10. The Morgan fingerprint density at radius 1 is 1.36 bits per heavy atom. The van der Waals surface area contributed by atoms with E-state index < -0.39 is 0 Å². The van der Waals surface area contributed by atoms with Crippen molar-refractivity contribution in [2.45, 2.75) is 32.2 Å². The van der Waals surface area contributed by atoms with Crippen LogP contribution in [0.2, 0.25) is 0 Å². The Balaban J connectivity index is 2.32. The van der Waals surface area contributed by atoms with Gasteiger partial charge in [0, 0.05) is 19.7 Å². The summed E-state index contributed by atoms with van der Waals surface area (Å²) in [5.41, 5.74) is 0. The van der Waals surface area contributed by atoms with Gasteiger partial charge in [0.1, 0.15) is 0 Å². The fraction of sp³-hybridized carbons (Fsp3) is 1.00. The van der Waals surface area contributed by atoms with E-state index in [-0.39, 0.29) is 0 Å². The normalized spacial score (nSPS) is 23.8. The van der Waals surface area contributed by atoms with Crippen molar-refractivity contribution >= 4 is 0 Å². The first-order chi connectivity index (χ1) is 6.88. The van der Waals surface area contributed by atoms with E-state index in [1.54, 1.807) is 7.11 Å². The van der Waals surface area contributed by atoms with Crippen molar-refractivity contribution in [3.05, 3.63) is 0 Å². The van der Waals surface area contributed by atoms with Gasteiger partial charge in [-0.25, -0.2) is 0 Å². The zero-order chi connectivity index (χ0) is 10.2. The van der Waals surface area contributed by atoms with Gasteiger partial charge in [-0.3, -0.25) is 4.90 Å². The largest absolute Gasteiger partial charge is 0.383 e. The highest BCUT2D eigenvalue weighted by Crippen LogP contribution is 2.12. The topological polar surface area (TPSA) is 24.5 Å². The fourth-order valence-electron chi connectivity index (χ4n) is 2.17. The molecule has 1 unspecified atom stereocenters. The molecule has 84 valence electrons. The molecule has 14 heavy (non-hydrogen) atoms. The highest BCUT2D eigenvalue weighted by Gasteiger charge is 2.17. The number of hydrogen-bond acceptors (Lipinski definition) is 3. The second-order valence-corrected chi connectivity index (χ2v) is 3.96. The summed E-state index contributed by atoms with van der Waals surface area (Å²) in [4.78, 5) is 2.55. The number of hydrogen-bond donors (Lipinski definition) is 1. The first kappa shape index (κ1) is 12.0. The minimum atomic E-state index is 0.769. The molecule has 1 fully saturated rings. The Morgan fingerprint density at radius 2 is 2.21 bits per heavy atom. The van der Waals surface area contributed by atoms with Crippen LogP contribution in [-0.4, -0.2) is 50.8 Å². The van der Waals surface area contributed by atoms with Gasteiger partial charge in [-0.15, -0.1) is 0 Å². The maximum absolute atomic E-state index is 5.14.